The number of nitrogens with zero attached hydrogens (tertiary/aromatic N) is 2. The van der Waals surface area contributed by atoms with Crippen LogP contribution in [0.15, 0.2) is 18.5 Å². The number of aromatic nitrogens is 2. The van der Waals surface area contributed by atoms with Crippen LogP contribution in [0.1, 0.15) is 0 Å². The smallest absolute Gasteiger partial charge is 0.140 e. The number of hydrogen-bond donors (Lipinski definition) is 3. The predicted molar refractivity (Wildman–Crippen MR) is 51.1 cm³/mol. The first-order valence-corrected chi connectivity index (χ1v) is 3.85. The maximum absolute atomic E-state index is 9.36. The van der Waals surface area contributed by atoms with Crippen LogP contribution in [0, 0.1) is 0 Å². The second-order valence-corrected chi connectivity index (χ2v) is 2.74. The molecule has 0 aliphatic carbocycles. The van der Waals surface area contributed by atoms with E-state index in [1.54, 1.807) is 30.2 Å². The van der Waals surface area contributed by atoms with Crippen molar-refractivity contribution in [3.63, 3.8) is 0 Å². The molecular weight excluding hydrogens is 168 g/mol. The molecule has 0 unspecified atom stereocenters. The highest BCUT2D eigenvalue weighted by molar-refractivity contribution is 5.82. The summed E-state index contributed by atoms with van der Waals surface area (Å²) in [5, 5.41) is 9.36. The average Bonchev–Trinajstić information content (AvgIpc) is 2.48. The van der Waals surface area contributed by atoms with Gasteiger partial charge in [-0.15, -0.1) is 0 Å². The van der Waals surface area contributed by atoms with E-state index in [1.165, 1.54) is 0 Å². The highest BCUT2D eigenvalue weighted by Gasteiger charge is 2.05. The maximum atomic E-state index is 9.36. The summed E-state index contributed by atoms with van der Waals surface area (Å²) in [6.45, 7) is 0. The van der Waals surface area contributed by atoms with Gasteiger partial charge in [0.2, 0.25) is 0 Å². The Hall–Kier alpha value is -1.91. The summed E-state index contributed by atoms with van der Waals surface area (Å²) in [5.74, 6) is 0.0736. The molecule has 0 saturated carbocycles. The number of nitrogens with one attached hydrogen (secondary N) is 1. The van der Waals surface area contributed by atoms with Gasteiger partial charge in [-0.05, 0) is 6.07 Å². The van der Waals surface area contributed by atoms with E-state index in [9.17, 15) is 5.11 Å². The Morgan fingerprint density at radius 1 is 1.54 bits per heavy atom. The lowest BCUT2D eigenvalue weighted by atomic mass is 10.2. The van der Waals surface area contributed by atoms with Gasteiger partial charge in [-0.25, -0.2) is 9.66 Å². The fourth-order valence-electron chi connectivity index (χ4n) is 1.24. The Balaban J connectivity index is 2.77. The molecule has 5 nitrogen and oxygen atoms in total. The normalized spacial score (nSPS) is 10.5. The van der Waals surface area contributed by atoms with E-state index >= 15 is 0 Å². The quantitative estimate of drug-likeness (QED) is 0.439. The zero-order valence-electron chi connectivity index (χ0n) is 7.15. The lowest BCUT2D eigenvalue weighted by Crippen LogP contribution is -2.06. The van der Waals surface area contributed by atoms with Gasteiger partial charge in [-0.2, -0.15) is 0 Å². The summed E-state index contributed by atoms with van der Waals surface area (Å²) in [4.78, 5) is 4.10. The Morgan fingerprint density at radius 2 is 2.31 bits per heavy atom. The molecule has 0 aliphatic rings. The van der Waals surface area contributed by atoms with E-state index in [-0.39, 0.29) is 5.75 Å². The summed E-state index contributed by atoms with van der Waals surface area (Å²) in [7, 11) is 1.77. The molecule has 5 heteroatoms. The molecule has 68 valence electrons. The van der Waals surface area contributed by atoms with Gasteiger partial charge in [0.25, 0.3) is 0 Å². The van der Waals surface area contributed by atoms with Crippen LogP contribution in [0.25, 0.3) is 11.0 Å². The zero-order valence-corrected chi connectivity index (χ0v) is 7.15. The molecule has 1 aromatic heterocycles. The molecule has 1 aromatic carbocycles. The van der Waals surface area contributed by atoms with E-state index in [0.717, 1.165) is 11.0 Å². The number of phenols is 1. The number of hydrogen-bond acceptors (Lipinski definition) is 4. The van der Waals surface area contributed by atoms with Crippen LogP contribution >= 0.6 is 0 Å². The summed E-state index contributed by atoms with van der Waals surface area (Å²) in [6, 6.07) is 3.21. The van der Waals surface area contributed by atoms with Gasteiger partial charge in [0.05, 0.1) is 16.7 Å². The lowest BCUT2D eigenvalue weighted by molar-refractivity contribution is 0.478. The minimum absolute atomic E-state index is 0.0736. The number of anilines is 1. The summed E-state index contributed by atoms with van der Waals surface area (Å²) in [5.41, 5.74) is 10.3. The molecule has 0 aliphatic heterocycles. The Labute approximate surface area is 74.8 Å². The van der Waals surface area contributed by atoms with Crippen molar-refractivity contribution in [1.29, 1.82) is 0 Å². The number of nitrogen functional groups attached to an aromatic ring is 1. The lowest BCUT2D eigenvalue weighted by Gasteiger charge is -2.02. The van der Waals surface area contributed by atoms with Gasteiger partial charge in [-0.1, -0.05) is 0 Å². The highest BCUT2D eigenvalue weighted by atomic mass is 16.3. The number of benzene rings is 1. The molecule has 2 rings (SSSR count). The first-order chi connectivity index (χ1) is 6.22. The Kier molecular flexibility index (Phi) is 1.51. The van der Waals surface area contributed by atoms with Crippen LogP contribution in [0.3, 0.4) is 0 Å². The van der Waals surface area contributed by atoms with Crippen molar-refractivity contribution in [2.24, 2.45) is 0 Å². The van der Waals surface area contributed by atoms with Gasteiger partial charge in [-0.3, -0.25) is 0 Å². The van der Waals surface area contributed by atoms with Crippen LogP contribution in [-0.2, 0) is 0 Å². The van der Waals surface area contributed by atoms with Crippen LogP contribution < -0.4 is 11.2 Å². The summed E-state index contributed by atoms with van der Waals surface area (Å²) < 4.78 is 1.70. The third kappa shape index (κ3) is 1.05. The monoisotopic (exact) mass is 178 g/mol. The first kappa shape index (κ1) is 7.72. The van der Waals surface area contributed by atoms with E-state index in [2.05, 4.69) is 10.4 Å². The standard InChI is InChI=1S/C8H10N4O/c1-10-12-4-11-6-2-5(9)8(13)3-7(6)12/h2-4,10,13H,9H2,1H3. The topological polar surface area (TPSA) is 76.1 Å². The summed E-state index contributed by atoms with van der Waals surface area (Å²) >= 11 is 0. The second-order valence-electron chi connectivity index (χ2n) is 2.74. The minimum atomic E-state index is 0.0736. The van der Waals surface area contributed by atoms with Crippen molar-refractivity contribution < 1.29 is 5.11 Å². The molecule has 0 saturated heterocycles. The molecule has 0 bridgehead atoms. The Bertz CT molecular complexity index is 449. The Morgan fingerprint density at radius 3 is 3.00 bits per heavy atom. The molecular formula is C8H10N4O. The van der Waals surface area contributed by atoms with Gasteiger partial charge >= 0.3 is 0 Å². The minimum Gasteiger partial charge on any atom is -0.506 e. The number of rotatable bonds is 1. The maximum Gasteiger partial charge on any atom is 0.140 e. The number of aromatic hydroxyl groups is 1. The van der Waals surface area contributed by atoms with E-state index in [1.807, 2.05) is 0 Å². The molecule has 0 atom stereocenters. The van der Waals surface area contributed by atoms with E-state index in [4.69, 9.17) is 5.73 Å². The second kappa shape index (κ2) is 2.55. The molecule has 4 N–H and O–H groups in total. The van der Waals surface area contributed by atoms with Crippen LogP contribution in [-0.4, -0.2) is 21.8 Å². The largest absolute Gasteiger partial charge is 0.506 e. The van der Waals surface area contributed by atoms with Crippen LogP contribution in [0.2, 0.25) is 0 Å². The van der Waals surface area contributed by atoms with Crippen molar-refractivity contribution in [2.75, 3.05) is 18.2 Å². The summed E-state index contributed by atoms with van der Waals surface area (Å²) in [6.07, 6.45) is 1.63. The zero-order chi connectivity index (χ0) is 9.42. The van der Waals surface area contributed by atoms with Crippen LogP contribution in [0.5, 0.6) is 5.75 Å². The molecule has 1 heterocycles. The predicted octanol–water partition coefficient (Wildman–Crippen LogP) is 0.497. The average molecular weight is 178 g/mol. The molecule has 0 radical (unpaired) electrons. The SMILES string of the molecule is CNn1cnc2cc(N)c(O)cc21. The third-order valence-corrected chi connectivity index (χ3v) is 1.94. The van der Waals surface area contributed by atoms with Crippen molar-refractivity contribution in [1.82, 2.24) is 9.66 Å². The van der Waals surface area contributed by atoms with E-state index in [0.29, 0.717) is 5.69 Å². The van der Waals surface area contributed by atoms with Gasteiger partial charge in [0.15, 0.2) is 0 Å². The highest BCUT2D eigenvalue weighted by Crippen LogP contribution is 2.25. The molecule has 0 amide bonds. The van der Waals surface area contributed by atoms with Gasteiger partial charge < -0.3 is 16.3 Å². The van der Waals surface area contributed by atoms with Gasteiger partial charge in [0.1, 0.15) is 12.1 Å². The van der Waals surface area contributed by atoms with E-state index < -0.39 is 0 Å². The van der Waals surface area contributed by atoms with Crippen molar-refractivity contribution in [3.05, 3.63) is 18.5 Å². The number of imidazole rings is 1. The van der Waals surface area contributed by atoms with Crippen molar-refractivity contribution in [2.45, 2.75) is 0 Å². The molecule has 0 fully saturated rings. The van der Waals surface area contributed by atoms with Crippen molar-refractivity contribution >= 4 is 16.7 Å². The fraction of sp³-hybridized carbons (Fsp3) is 0.125. The van der Waals surface area contributed by atoms with Crippen molar-refractivity contribution in [3.8, 4) is 5.75 Å². The first-order valence-electron chi connectivity index (χ1n) is 3.85. The number of phenolic OH excluding ortho intramolecular Hbond substituents is 1. The third-order valence-electron chi connectivity index (χ3n) is 1.94. The fourth-order valence-corrected chi connectivity index (χ4v) is 1.24. The van der Waals surface area contributed by atoms with Crippen LogP contribution in [0.4, 0.5) is 5.69 Å². The molecule has 13 heavy (non-hydrogen) atoms. The molecule has 2 aromatic rings. The number of fused-ring (bicyclic) bond motifs is 1. The molecule has 0 spiro atoms. The van der Waals surface area contributed by atoms with Gasteiger partial charge in [0, 0.05) is 13.1 Å². The number of nitrogens with two attached hydrogens (primary N) is 1.